The third-order valence-corrected chi connectivity index (χ3v) is 6.28. The van der Waals surface area contributed by atoms with Gasteiger partial charge in [-0.2, -0.15) is 0 Å². The van der Waals surface area contributed by atoms with Gasteiger partial charge in [-0.05, 0) is 0 Å². The molecule has 0 saturated carbocycles. The Morgan fingerprint density at radius 2 is 0.960 bits per heavy atom. The molecule has 25 heavy (non-hydrogen) atoms. The molecule has 2 aromatic carbocycles. The molecule has 0 radical (unpaired) electrons. The van der Waals surface area contributed by atoms with Crippen molar-refractivity contribution in [3.63, 3.8) is 0 Å². The minimum atomic E-state index is 0. The first-order valence-corrected chi connectivity index (χ1v) is 9.51. The van der Waals surface area contributed by atoms with Crippen LogP contribution in [0.25, 0.3) is 11.1 Å². The third-order valence-electron chi connectivity index (χ3n) is 4.75. The van der Waals surface area contributed by atoms with Crippen LogP contribution in [-0.4, -0.2) is 0 Å². The second-order valence-corrected chi connectivity index (χ2v) is 9.96. The zero-order valence-electron chi connectivity index (χ0n) is 15.7. The van der Waals surface area contributed by atoms with E-state index in [0.29, 0.717) is 3.63 Å². The van der Waals surface area contributed by atoms with Gasteiger partial charge in [0.25, 0.3) is 0 Å². The van der Waals surface area contributed by atoms with E-state index >= 15 is 0 Å². The van der Waals surface area contributed by atoms with Gasteiger partial charge in [-0.1, -0.05) is 0 Å². The third kappa shape index (κ3) is 4.73. The minimum absolute atomic E-state index is 0. The average Bonchev–Trinajstić information content (AvgIpc) is 2.70. The van der Waals surface area contributed by atoms with Crippen molar-refractivity contribution in [2.75, 3.05) is 0 Å². The Bertz CT molecular complexity index is 676. The van der Waals surface area contributed by atoms with Crippen molar-refractivity contribution in [2.45, 2.75) is 56.0 Å². The summed E-state index contributed by atoms with van der Waals surface area (Å²) in [6, 6.07) is 14.2. The maximum absolute atomic E-state index is 2.45. The van der Waals surface area contributed by atoms with Crippen LogP contribution in [0, 0.1) is 0 Å². The van der Waals surface area contributed by atoms with Crippen LogP contribution in [0.2, 0.25) is 0 Å². The second kappa shape index (κ2) is 8.47. The number of hydrogen-bond acceptors (Lipinski definition) is 0. The molecular formula is C21H25Cl3Zr. The van der Waals surface area contributed by atoms with Gasteiger partial charge in [0.15, 0.2) is 0 Å². The van der Waals surface area contributed by atoms with E-state index in [9.17, 15) is 0 Å². The van der Waals surface area contributed by atoms with Gasteiger partial charge in [-0.25, -0.2) is 0 Å². The van der Waals surface area contributed by atoms with E-state index in [0.717, 1.165) is 0 Å². The van der Waals surface area contributed by atoms with Crippen molar-refractivity contribution in [3.05, 3.63) is 58.7 Å². The average molecular weight is 475 g/mol. The molecule has 0 N–H and O–H groups in total. The molecule has 0 spiro atoms. The van der Waals surface area contributed by atoms with E-state index in [1.54, 1.807) is 24.7 Å². The summed E-state index contributed by atoms with van der Waals surface area (Å²) in [5.41, 5.74) is 9.30. The van der Waals surface area contributed by atoms with Crippen LogP contribution < -0.4 is 37.2 Å². The number of benzene rings is 2. The van der Waals surface area contributed by atoms with Gasteiger partial charge >= 0.3 is 150 Å². The largest absolute Gasteiger partial charge is 1.00 e. The molecular weight excluding hydrogens is 450 g/mol. The molecule has 0 bridgehead atoms. The van der Waals surface area contributed by atoms with Gasteiger partial charge < -0.3 is 37.2 Å². The summed E-state index contributed by atoms with van der Waals surface area (Å²) >= 11 is 1.59. The van der Waals surface area contributed by atoms with E-state index < -0.39 is 0 Å². The van der Waals surface area contributed by atoms with Gasteiger partial charge in [0.2, 0.25) is 0 Å². The molecule has 0 atom stereocenters. The monoisotopic (exact) mass is 472 g/mol. The number of halogens is 3. The first kappa shape index (κ1) is 25.2. The van der Waals surface area contributed by atoms with Gasteiger partial charge in [0, 0.05) is 0 Å². The molecule has 1 aliphatic carbocycles. The zero-order chi connectivity index (χ0) is 16.3. The Kier molecular flexibility index (Phi) is 8.54. The fraction of sp³-hybridized carbons (Fsp3) is 0.429. The summed E-state index contributed by atoms with van der Waals surface area (Å²) in [4.78, 5) is 0. The Labute approximate surface area is 186 Å². The fourth-order valence-electron chi connectivity index (χ4n) is 3.19. The molecule has 0 nitrogen and oxygen atoms in total. The van der Waals surface area contributed by atoms with Crippen molar-refractivity contribution in [1.29, 1.82) is 0 Å². The van der Waals surface area contributed by atoms with Crippen LogP contribution in [0.4, 0.5) is 0 Å². The Hall–Kier alpha value is 0.193. The van der Waals surface area contributed by atoms with E-state index in [-0.39, 0.29) is 48.1 Å². The maximum atomic E-state index is 2.45. The Balaban J connectivity index is 0.00000192. The first-order chi connectivity index (χ1) is 10.1. The molecule has 0 heterocycles. The summed E-state index contributed by atoms with van der Waals surface area (Å²) in [6.07, 6.45) is 0. The van der Waals surface area contributed by atoms with Gasteiger partial charge in [0.05, 0.1) is 0 Å². The summed E-state index contributed by atoms with van der Waals surface area (Å²) in [6.45, 7) is 13.8. The molecule has 0 aliphatic heterocycles. The summed E-state index contributed by atoms with van der Waals surface area (Å²) in [5, 5.41) is 0. The molecule has 0 fully saturated rings. The molecule has 2 aromatic rings. The van der Waals surface area contributed by atoms with Gasteiger partial charge in [-0.15, -0.1) is 0 Å². The predicted octanol–water partition coefficient (Wildman–Crippen LogP) is -3.09. The van der Waals surface area contributed by atoms with Crippen LogP contribution in [0.3, 0.4) is 0 Å². The zero-order valence-corrected chi connectivity index (χ0v) is 20.4. The molecule has 134 valence electrons. The Morgan fingerprint density at radius 1 is 0.640 bits per heavy atom. The molecule has 0 amide bonds. The standard InChI is InChI=1S/C21H25.3ClH.Zr/c1-20(2,3)16-7-9-18-14(12-16)11-15-13-17(21(4,5)6)8-10-19(15)18;;;;/h7-13H,1-6H3;3*1H;/q;;;;+3/p-3. The van der Waals surface area contributed by atoms with Crippen LogP contribution >= 0.6 is 0 Å². The maximum Gasteiger partial charge on any atom is -1.00 e. The minimum Gasteiger partial charge on any atom is -1.00 e. The second-order valence-electron chi connectivity index (χ2n) is 8.54. The molecule has 4 heteroatoms. The molecule has 0 aromatic heterocycles. The molecule has 3 rings (SSSR count). The quantitative estimate of drug-likeness (QED) is 0.380. The molecule has 0 unspecified atom stereocenters. The van der Waals surface area contributed by atoms with Crippen molar-refractivity contribution in [2.24, 2.45) is 0 Å². The van der Waals surface area contributed by atoms with Crippen LogP contribution in [0.15, 0.2) is 36.4 Å². The van der Waals surface area contributed by atoms with Crippen LogP contribution in [0.1, 0.15) is 67.4 Å². The van der Waals surface area contributed by atoms with Crippen molar-refractivity contribution < 1.29 is 61.9 Å². The molecule has 0 saturated heterocycles. The van der Waals surface area contributed by atoms with Crippen LogP contribution in [-0.2, 0) is 35.5 Å². The van der Waals surface area contributed by atoms with Gasteiger partial charge in [-0.3, -0.25) is 0 Å². The predicted molar refractivity (Wildman–Crippen MR) is 91.1 cm³/mol. The summed E-state index contributed by atoms with van der Waals surface area (Å²) in [7, 11) is 0. The SMILES string of the molecule is CC(C)(C)c1ccc2c(c1)[CH]([Zr+3])c1cc(C(C)(C)C)ccc1-2.[Cl-].[Cl-].[Cl-]. The van der Waals surface area contributed by atoms with E-state index in [1.807, 2.05) is 0 Å². The van der Waals surface area contributed by atoms with E-state index in [2.05, 4.69) is 77.9 Å². The molecule has 1 aliphatic rings. The normalized spacial score (nSPS) is 13.1. The number of hydrogen-bond donors (Lipinski definition) is 0. The van der Waals surface area contributed by atoms with Crippen molar-refractivity contribution in [1.82, 2.24) is 0 Å². The first-order valence-electron chi connectivity index (χ1n) is 8.09. The smallest absolute Gasteiger partial charge is 1.00 e. The number of rotatable bonds is 0. The van der Waals surface area contributed by atoms with Crippen molar-refractivity contribution in [3.8, 4) is 11.1 Å². The summed E-state index contributed by atoms with van der Waals surface area (Å²) < 4.78 is 0.585. The van der Waals surface area contributed by atoms with Crippen molar-refractivity contribution >= 4 is 0 Å². The summed E-state index contributed by atoms with van der Waals surface area (Å²) in [5.74, 6) is 0. The topological polar surface area (TPSA) is 0 Å². The van der Waals surface area contributed by atoms with Gasteiger partial charge in [0.1, 0.15) is 0 Å². The Morgan fingerprint density at radius 3 is 1.24 bits per heavy atom. The van der Waals surface area contributed by atoms with E-state index in [1.165, 1.54) is 33.4 Å². The fourth-order valence-corrected chi connectivity index (χ4v) is 4.37. The van der Waals surface area contributed by atoms with E-state index in [4.69, 9.17) is 0 Å². The number of fused-ring (bicyclic) bond motifs is 3. The van der Waals surface area contributed by atoms with Crippen LogP contribution in [0.5, 0.6) is 0 Å².